The maximum absolute atomic E-state index is 11.7. The minimum atomic E-state index is -0.125. The van der Waals surface area contributed by atoms with E-state index in [9.17, 15) is 19.2 Å². The molecule has 0 unspecified atom stereocenters. The fraction of sp³-hybridized carbons (Fsp3) is 0.848. The molecule has 0 rings (SSSR count). The molecule has 0 fully saturated rings. The molecule has 10 heteroatoms. The predicted octanol–water partition coefficient (Wildman–Crippen LogP) is 12.1. The number of imide groups is 1. The molecule has 3 amide bonds. The van der Waals surface area contributed by atoms with Crippen molar-refractivity contribution in [1.29, 1.82) is 0 Å². The van der Waals surface area contributed by atoms with Crippen LogP contribution in [-0.2, 0) is 23.9 Å². The first kappa shape index (κ1) is 65.0. The van der Waals surface area contributed by atoms with E-state index >= 15 is 0 Å². The van der Waals surface area contributed by atoms with Gasteiger partial charge in [-0.05, 0) is 101 Å². The van der Waals surface area contributed by atoms with E-state index in [1.165, 1.54) is 4.90 Å². The first-order valence-electron chi connectivity index (χ1n) is 21.2. The molecular weight excluding hydrogens is 703 g/mol. The zero-order valence-corrected chi connectivity index (χ0v) is 41.6. The van der Waals surface area contributed by atoms with E-state index in [0.29, 0.717) is 35.9 Å². The van der Waals surface area contributed by atoms with Gasteiger partial charge < -0.3 is 10.1 Å². The van der Waals surface area contributed by atoms with Crippen LogP contribution in [0.25, 0.3) is 0 Å². The molecule has 0 aromatic rings. The molecule has 0 atom stereocenters. The number of allylic oxidation sites excluding steroid dienone is 2. The molecule has 0 spiro atoms. The Morgan fingerprint density at radius 2 is 0.839 bits per heavy atom. The Kier molecular flexibility index (Phi) is 45.2. The number of ether oxygens (including phenoxy) is 1. The van der Waals surface area contributed by atoms with E-state index in [1.807, 2.05) is 131 Å². The van der Waals surface area contributed by atoms with Gasteiger partial charge in [0.1, 0.15) is 0 Å². The van der Waals surface area contributed by atoms with Gasteiger partial charge in [0.2, 0.25) is 17.7 Å². The van der Waals surface area contributed by atoms with Crippen molar-refractivity contribution in [1.82, 2.24) is 10.2 Å². The average Bonchev–Trinajstić information content (AvgIpc) is 3.02. The van der Waals surface area contributed by atoms with Gasteiger partial charge in [0.25, 0.3) is 0 Å². The van der Waals surface area contributed by atoms with Gasteiger partial charge in [0.05, 0.1) is 24.1 Å². The number of nitrogens with zero attached hydrogens (tertiary/aromatic N) is 4. The summed E-state index contributed by atoms with van der Waals surface area (Å²) >= 11 is 0. The summed E-state index contributed by atoms with van der Waals surface area (Å²) in [4.78, 5) is 50.6. The highest BCUT2D eigenvalue weighted by Crippen LogP contribution is 2.11. The normalized spacial score (nSPS) is 11.4. The van der Waals surface area contributed by atoms with Crippen molar-refractivity contribution < 1.29 is 23.9 Å². The number of rotatable bonds is 13. The minimum absolute atomic E-state index is 0.00704. The van der Waals surface area contributed by atoms with Crippen LogP contribution in [0, 0.1) is 41.4 Å². The topological polar surface area (TPSA) is 130 Å². The molecule has 0 aromatic carbocycles. The quantitative estimate of drug-likeness (QED) is 0.0858. The first-order valence-corrected chi connectivity index (χ1v) is 21.2. The van der Waals surface area contributed by atoms with Crippen LogP contribution >= 0.6 is 0 Å². The van der Waals surface area contributed by atoms with Gasteiger partial charge in [-0.2, -0.15) is 10.2 Å². The molecule has 0 aliphatic carbocycles. The third kappa shape index (κ3) is 55.4. The number of carbonyl (C=O) groups is 4. The molecule has 334 valence electrons. The van der Waals surface area contributed by atoms with Crippen molar-refractivity contribution in [2.75, 3.05) is 0 Å². The highest BCUT2D eigenvalue weighted by atomic mass is 16.5. The van der Waals surface area contributed by atoms with Gasteiger partial charge in [-0.15, -0.1) is 0 Å². The third-order valence-corrected chi connectivity index (χ3v) is 5.85. The molecular formula is C46H95N5O5. The minimum Gasteiger partial charge on any atom is -0.463 e. The number of hydrogen-bond acceptors (Lipinski definition) is 8. The van der Waals surface area contributed by atoms with E-state index in [0.717, 1.165) is 0 Å². The highest BCUT2D eigenvalue weighted by molar-refractivity contribution is 5.97. The van der Waals surface area contributed by atoms with Crippen LogP contribution < -0.4 is 5.32 Å². The van der Waals surface area contributed by atoms with Crippen molar-refractivity contribution in [3.05, 3.63) is 12.2 Å². The maximum atomic E-state index is 11.7. The number of hydrogen-bond donors (Lipinski definition) is 1. The van der Waals surface area contributed by atoms with Crippen LogP contribution in [0.2, 0.25) is 0 Å². The van der Waals surface area contributed by atoms with Gasteiger partial charge >= 0.3 is 5.97 Å². The summed E-state index contributed by atoms with van der Waals surface area (Å²) in [6.07, 6.45) is 6.49. The molecule has 0 aliphatic rings. The number of esters is 1. The second-order valence-corrected chi connectivity index (χ2v) is 17.8. The molecule has 0 heterocycles. The van der Waals surface area contributed by atoms with E-state index in [1.54, 1.807) is 0 Å². The smallest absolute Gasteiger partial charge is 0.308 e. The predicted molar refractivity (Wildman–Crippen MR) is 243 cm³/mol. The summed E-state index contributed by atoms with van der Waals surface area (Å²) < 4.78 is 4.87. The zero-order valence-electron chi connectivity index (χ0n) is 41.6. The molecule has 56 heavy (non-hydrogen) atoms. The molecule has 10 nitrogen and oxygen atoms in total. The Hall–Kier alpha value is -2.91. The first-order chi connectivity index (χ1) is 25.2. The second-order valence-electron chi connectivity index (χ2n) is 17.8. The van der Waals surface area contributed by atoms with Crippen molar-refractivity contribution in [3.63, 3.8) is 0 Å². The Bertz CT molecular complexity index is 924. The summed E-state index contributed by atoms with van der Waals surface area (Å²) in [6, 6.07) is 1.35. The number of nitrogens with one attached hydrogen (secondary N) is 1. The Labute approximate surface area is 348 Å². The molecule has 0 saturated carbocycles. The monoisotopic (exact) mass is 798 g/mol. The summed E-state index contributed by atoms with van der Waals surface area (Å²) in [7, 11) is 0. The van der Waals surface area contributed by atoms with Gasteiger partial charge in [-0.25, -0.2) is 0 Å². The second kappa shape index (κ2) is 38.9. The van der Waals surface area contributed by atoms with Gasteiger partial charge in [0, 0.05) is 42.1 Å². The van der Waals surface area contributed by atoms with Crippen molar-refractivity contribution in [2.24, 2.45) is 56.6 Å². The summed E-state index contributed by atoms with van der Waals surface area (Å²) in [6.45, 7) is 51.3. The molecule has 1 N–H and O–H groups in total. The number of aliphatic imine (C=N–C) groups is 1. The Morgan fingerprint density at radius 3 is 0.964 bits per heavy atom. The van der Waals surface area contributed by atoms with Crippen LogP contribution in [0.3, 0.4) is 0 Å². The Balaban J connectivity index is -0.000000136. The highest BCUT2D eigenvalue weighted by Gasteiger charge is 2.27. The van der Waals surface area contributed by atoms with Gasteiger partial charge in [0.15, 0.2) is 0 Å². The third-order valence-electron chi connectivity index (χ3n) is 5.85. The van der Waals surface area contributed by atoms with Crippen molar-refractivity contribution >= 4 is 29.9 Å². The fourth-order valence-electron chi connectivity index (χ4n) is 3.05. The average molecular weight is 798 g/mol. The van der Waals surface area contributed by atoms with Gasteiger partial charge in [-0.1, -0.05) is 109 Å². The maximum Gasteiger partial charge on any atom is 0.308 e. The number of carbonyl (C=O) groups excluding carboxylic acids is 4. The van der Waals surface area contributed by atoms with Crippen LogP contribution in [-0.4, -0.2) is 71.1 Å². The van der Waals surface area contributed by atoms with Crippen LogP contribution in [0.15, 0.2) is 27.4 Å². The summed E-state index contributed by atoms with van der Waals surface area (Å²) in [5, 5.41) is 10.7. The van der Waals surface area contributed by atoms with E-state index < -0.39 is 0 Å². The lowest BCUT2D eigenvalue weighted by Gasteiger charge is -2.28. The lowest BCUT2D eigenvalue weighted by molar-refractivity contribution is -0.152. The summed E-state index contributed by atoms with van der Waals surface area (Å²) in [5.41, 5.74) is 0. The molecule has 0 bridgehead atoms. The zero-order chi connectivity index (χ0) is 46.0. The standard InChI is InChI=1S/C11H21NO2.C8H16.C7H15NO.C7H15N.C7H14O2.C6H14N2/c1-7(2)10(13)12(9(5)6)11(14)8(3)4;1-7(2)5-6-8(3)4;1-5(2)7(9)8-6(3)4;1-6(2)5-8-7(3)4;1-5(2)7(8)9-6(3)4;1-5(2)7-8-6(3)4/h7-9H,1-6H3;5-8H,1-4H3;5-6H,1-4H3,(H,8,9);5-7H,1-4H3;5-6H,1-4H3;5-6H,1-4H3/b;6-5+;;;;. The van der Waals surface area contributed by atoms with Crippen LogP contribution in [0.5, 0.6) is 0 Å². The fourth-order valence-corrected chi connectivity index (χ4v) is 3.05. The number of amides is 3. The largest absolute Gasteiger partial charge is 0.463 e. The van der Waals surface area contributed by atoms with E-state index in [2.05, 4.69) is 88.1 Å². The Morgan fingerprint density at radius 1 is 0.482 bits per heavy atom. The van der Waals surface area contributed by atoms with E-state index in [4.69, 9.17) is 4.74 Å². The van der Waals surface area contributed by atoms with Crippen LogP contribution in [0.1, 0.15) is 180 Å². The molecule has 0 saturated heterocycles. The van der Waals surface area contributed by atoms with Crippen molar-refractivity contribution in [3.8, 4) is 0 Å². The van der Waals surface area contributed by atoms with Gasteiger partial charge in [-0.3, -0.25) is 29.1 Å². The lowest BCUT2D eigenvalue weighted by Crippen LogP contribution is -2.45. The number of azo groups is 1. The van der Waals surface area contributed by atoms with E-state index in [-0.39, 0.29) is 65.6 Å². The van der Waals surface area contributed by atoms with Crippen LogP contribution in [0.4, 0.5) is 0 Å². The molecule has 0 radical (unpaired) electrons. The SMILES string of the molecule is CC(C)/C=C/C(C)C.CC(C)C(=O)N(C(=O)C(C)C)C(C)C.CC(C)C=NC(C)C.CC(C)N=NC(C)C.CC(C)NC(=O)C(C)C.CC(C)OC(=O)C(C)C. The summed E-state index contributed by atoms with van der Waals surface area (Å²) in [5.74, 6) is 1.69. The van der Waals surface area contributed by atoms with Crippen molar-refractivity contribution in [2.45, 2.75) is 216 Å². The lowest BCUT2D eigenvalue weighted by atomic mass is 10.1. The molecule has 0 aromatic heterocycles. The molecule has 0 aliphatic heterocycles.